The van der Waals surface area contributed by atoms with Gasteiger partial charge in [-0.1, -0.05) is 6.07 Å². The molecule has 0 aliphatic heterocycles. The summed E-state index contributed by atoms with van der Waals surface area (Å²) in [4.78, 5) is 23.5. The van der Waals surface area contributed by atoms with Crippen molar-refractivity contribution in [3.05, 3.63) is 53.9 Å². The van der Waals surface area contributed by atoms with Crippen LogP contribution in [0.15, 0.2) is 42.7 Å². The molecule has 0 aliphatic rings. The zero-order chi connectivity index (χ0) is 16.8. The van der Waals surface area contributed by atoms with Crippen molar-refractivity contribution in [2.24, 2.45) is 5.73 Å². The van der Waals surface area contributed by atoms with Gasteiger partial charge < -0.3 is 15.8 Å². The Morgan fingerprint density at radius 2 is 1.92 bits per heavy atom. The van der Waals surface area contributed by atoms with Crippen molar-refractivity contribution in [1.29, 1.82) is 0 Å². The summed E-state index contributed by atoms with van der Waals surface area (Å²) in [5.74, 6) is 0.0790. The second-order valence-electron chi connectivity index (χ2n) is 5.66. The number of H-pyrrole nitrogens is 1. The van der Waals surface area contributed by atoms with Crippen LogP contribution in [0.1, 0.15) is 15.9 Å². The number of aromatic hydroxyl groups is 1. The lowest BCUT2D eigenvalue weighted by molar-refractivity contribution is 0.100. The Kier molecular flexibility index (Phi) is 2.99. The summed E-state index contributed by atoms with van der Waals surface area (Å²) in [6.45, 7) is 1.95. The summed E-state index contributed by atoms with van der Waals surface area (Å²) < 4.78 is 0. The highest BCUT2D eigenvalue weighted by Crippen LogP contribution is 2.36. The molecule has 4 rings (SSSR count). The molecule has 0 saturated heterocycles. The van der Waals surface area contributed by atoms with E-state index in [4.69, 9.17) is 5.73 Å². The van der Waals surface area contributed by atoms with Gasteiger partial charge in [0, 0.05) is 28.7 Å². The summed E-state index contributed by atoms with van der Waals surface area (Å²) in [6.07, 6.45) is 3.28. The highest BCUT2D eigenvalue weighted by molar-refractivity contribution is 6.17. The number of benzene rings is 2. The van der Waals surface area contributed by atoms with Crippen LogP contribution in [-0.2, 0) is 0 Å². The van der Waals surface area contributed by atoms with Gasteiger partial charge in [0.1, 0.15) is 5.75 Å². The number of nitrogens with zero attached hydrogens (tertiary/aromatic N) is 2. The number of aromatic amines is 1. The fourth-order valence-corrected chi connectivity index (χ4v) is 3.04. The van der Waals surface area contributed by atoms with Crippen molar-refractivity contribution in [3.63, 3.8) is 0 Å². The van der Waals surface area contributed by atoms with Crippen LogP contribution in [-0.4, -0.2) is 26.0 Å². The SMILES string of the molecule is Cc1ccc(O)c2[nH]c3c(C(N)=O)cc(-c4ncccn4)cc3c12. The van der Waals surface area contributed by atoms with Crippen LogP contribution >= 0.6 is 0 Å². The average Bonchev–Trinajstić information content (AvgIpc) is 2.98. The molecule has 0 spiro atoms. The van der Waals surface area contributed by atoms with Crippen LogP contribution in [0.25, 0.3) is 33.2 Å². The first kappa shape index (κ1) is 14.2. The van der Waals surface area contributed by atoms with E-state index in [0.29, 0.717) is 28.0 Å². The second kappa shape index (κ2) is 5.06. The predicted octanol–water partition coefficient (Wildman–Crippen LogP) is 2.89. The van der Waals surface area contributed by atoms with Gasteiger partial charge in [-0.2, -0.15) is 0 Å². The maximum atomic E-state index is 11.9. The van der Waals surface area contributed by atoms with Crippen molar-refractivity contribution >= 4 is 27.7 Å². The largest absolute Gasteiger partial charge is 0.506 e. The van der Waals surface area contributed by atoms with E-state index in [1.807, 2.05) is 19.1 Å². The van der Waals surface area contributed by atoms with Gasteiger partial charge in [0.2, 0.25) is 0 Å². The second-order valence-corrected chi connectivity index (χ2v) is 5.66. The molecule has 0 unspecified atom stereocenters. The van der Waals surface area contributed by atoms with Crippen LogP contribution in [0.4, 0.5) is 0 Å². The standard InChI is InChI=1S/C18H14N4O2/c1-9-3-4-13(23)16-14(9)11-7-10(18-20-5-2-6-21-18)8-12(17(19)24)15(11)22-16/h2-8,22-23H,1H3,(H2,19,24). The number of carbonyl (C=O) groups is 1. The molecule has 4 aromatic rings. The first-order valence-corrected chi connectivity index (χ1v) is 7.41. The zero-order valence-corrected chi connectivity index (χ0v) is 12.9. The Bertz CT molecular complexity index is 1100. The molecule has 1 amide bonds. The number of amides is 1. The summed E-state index contributed by atoms with van der Waals surface area (Å²) >= 11 is 0. The Hall–Kier alpha value is -3.41. The van der Waals surface area contributed by atoms with Crippen molar-refractivity contribution in [2.75, 3.05) is 0 Å². The number of nitrogens with one attached hydrogen (secondary N) is 1. The number of primary amides is 1. The normalized spacial score (nSPS) is 11.2. The Balaban J connectivity index is 2.18. The number of carbonyl (C=O) groups excluding carboxylic acids is 1. The van der Waals surface area contributed by atoms with Crippen molar-refractivity contribution in [3.8, 4) is 17.1 Å². The monoisotopic (exact) mass is 318 g/mol. The molecule has 2 aromatic carbocycles. The number of hydrogen-bond acceptors (Lipinski definition) is 4. The van der Waals surface area contributed by atoms with Gasteiger partial charge in [-0.3, -0.25) is 4.79 Å². The average molecular weight is 318 g/mol. The van der Waals surface area contributed by atoms with Crippen LogP contribution in [0.5, 0.6) is 5.75 Å². The molecule has 0 fully saturated rings. The van der Waals surface area contributed by atoms with E-state index in [1.54, 1.807) is 30.6 Å². The number of aromatic nitrogens is 3. The zero-order valence-electron chi connectivity index (χ0n) is 12.9. The molecule has 0 saturated carbocycles. The van der Waals surface area contributed by atoms with Crippen molar-refractivity contribution in [2.45, 2.75) is 6.92 Å². The van der Waals surface area contributed by atoms with Crippen LogP contribution in [0, 0.1) is 6.92 Å². The van der Waals surface area contributed by atoms with Crippen LogP contribution < -0.4 is 5.73 Å². The molecule has 24 heavy (non-hydrogen) atoms. The summed E-state index contributed by atoms with van der Waals surface area (Å²) in [5, 5.41) is 11.8. The lowest BCUT2D eigenvalue weighted by Gasteiger charge is -2.05. The quantitative estimate of drug-likeness (QED) is 0.528. The van der Waals surface area contributed by atoms with Gasteiger partial charge in [0.25, 0.3) is 5.91 Å². The van der Waals surface area contributed by atoms with E-state index in [9.17, 15) is 9.90 Å². The van der Waals surface area contributed by atoms with Gasteiger partial charge in [0.15, 0.2) is 5.82 Å². The topological polar surface area (TPSA) is 105 Å². The van der Waals surface area contributed by atoms with E-state index >= 15 is 0 Å². The molecule has 0 aliphatic carbocycles. The Morgan fingerprint density at radius 1 is 1.17 bits per heavy atom. The van der Waals surface area contributed by atoms with Gasteiger partial charge in [-0.25, -0.2) is 9.97 Å². The molecular formula is C18H14N4O2. The highest BCUT2D eigenvalue weighted by atomic mass is 16.3. The third-order valence-electron chi connectivity index (χ3n) is 4.14. The van der Waals surface area contributed by atoms with E-state index in [-0.39, 0.29) is 5.75 Å². The number of rotatable bonds is 2. The molecule has 0 bridgehead atoms. The maximum Gasteiger partial charge on any atom is 0.250 e. The molecule has 0 atom stereocenters. The maximum absolute atomic E-state index is 11.9. The predicted molar refractivity (Wildman–Crippen MR) is 91.8 cm³/mol. The van der Waals surface area contributed by atoms with Gasteiger partial charge in [-0.05, 0) is 36.8 Å². The van der Waals surface area contributed by atoms with E-state index in [1.165, 1.54) is 0 Å². The molecule has 4 N–H and O–H groups in total. The van der Waals surface area contributed by atoms with Gasteiger partial charge in [-0.15, -0.1) is 0 Å². The van der Waals surface area contributed by atoms with E-state index in [2.05, 4.69) is 15.0 Å². The smallest absolute Gasteiger partial charge is 0.250 e. The third-order valence-corrected chi connectivity index (χ3v) is 4.14. The minimum Gasteiger partial charge on any atom is -0.506 e. The number of fused-ring (bicyclic) bond motifs is 3. The Morgan fingerprint density at radius 3 is 2.62 bits per heavy atom. The molecule has 2 aromatic heterocycles. The molecule has 6 nitrogen and oxygen atoms in total. The van der Waals surface area contributed by atoms with E-state index < -0.39 is 5.91 Å². The van der Waals surface area contributed by atoms with Crippen LogP contribution in [0.3, 0.4) is 0 Å². The van der Waals surface area contributed by atoms with Gasteiger partial charge >= 0.3 is 0 Å². The molecular weight excluding hydrogens is 304 g/mol. The fraction of sp³-hybridized carbons (Fsp3) is 0.0556. The fourth-order valence-electron chi connectivity index (χ4n) is 3.04. The molecule has 2 heterocycles. The first-order chi connectivity index (χ1) is 11.6. The number of phenols is 1. The third kappa shape index (κ3) is 2.00. The minimum absolute atomic E-state index is 0.125. The summed E-state index contributed by atoms with van der Waals surface area (Å²) in [6, 6.07) is 8.76. The van der Waals surface area contributed by atoms with Gasteiger partial charge in [0.05, 0.1) is 16.6 Å². The number of nitrogens with two attached hydrogens (primary N) is 1. The van der Waals surface area contributed by atoms with Crippen molar-refractivity contribution in [1.82, 2.24) is 15.0 Å². The molecule has 6 heteroatoms. The van der Waals surface area contributed by atoms with Crippen LogP contribution in [0.2, 0.25) is 0 Å². The minimum atomic E-state index is -0.554. The molecule has 118 valence electrons. The number of hydrogen-bond donors (Lipinski definition) is 3. The molecule has 0 radical (unpaired) electrons. The highest BCUT2D eigenvalue weighted by Gasteiger charge is 2.18. The number of aryl methyl sites for hydroxylation is 1. The lowest BCUT2D eigenvalue weighted by Crippen LogP contribution is -2.11. The summed E-state index contributed by atoms with van der Waals surface area (Å²) in [7, 11) is 0. The van der Waals surface area contributed by atoms with Crippen molar-refractivity contribution < 1.29 is 9.90 Å². The lowest BCUT2D eigenvalue weighted by atomic mass is 10.0. The Labute approximate surface area is 137 Å². The number of phenolic OH excluding ortho intramolecular Hbond substituents is 1. The van der Waals surface area contributed by atoms with E-state index in [0.717, 1.165) is 16.3 Å². The summed E-state index contributed by atoms with van der Waals surface area (Å²) in [5.41, 5.74) is 8.76. The first-order valence-electron chi connectivity index (χ1n) is 7.41.